The van der Waals surface area contributed by atoms with Crippen LogP contribution >= 0.6 is 23.2 Å². The van der Waals surface area contributed by atoms with Crippen molar-refractivity contribution < 1.29 is 18.0 Å². The van der Waals surface area contributed by atoms with Gasteiger partial charge in [0.25, 0.3) is 10.0 Å². The van der Waals surface area contributed by atoms with Crippen LogP contribution in [0.4, 0.5) is 5.69 Å². The smallest absolute Gasteiger partial charge is 0.264 e. The van der Waals surface area contributed by atoms with Crippen LogP contribution in [0.15, 0.2) is 71.6 Å². The number of carbonyl (C=O) groups excluding carboxylic acids is 2. The fourth-order valence-corrected chi connectivity index (χ4v) is 6.31. The number of amides is 2. The van der Waals surface area contributed by atoms with Crippen molar-refractivity contribution in [3.8, 4) is 0 Å². The highest BCUT2D eigenvalue weighted by Gasteiger charge is 2.35. The van der Waals surface area contributed by atoms with Gasteiger partial charge in [-0.1, -0.05) is 72.1 Å². The third-order valence-corrected chi connectivity index (χ3v) is 8.73. The Hall–Kier alpha value is -3.07. The molecule has 0 bridgehead atoms. The number of nitrogens with one attached hydrogen (secondary N) is 1. The molecule has 0 saturated heterocycles. The maximum Gasteiger partial charge on any atom is 0.264 e. The van der Waals surface area contributed by atoms with Gasteiger partial charge in [0, 0.05) is 22.1 Å². The van der Waals surface area contributed by atoms with Gasteiger partial charge in [0.15, 0.2) is 0 Å². The Labute approximate surface area is 253 Å². The molecule has 220 valence electrons. The minimum atomic E-state index is -4.23. The van der Waals surface area contributed by atoms with Crippen LogP contribution in [-0.4, -0.2) is 43.3 Å². The lowest BCUT2D eigenvalue weighted by Crippen LogP contribution is -2.55. The molecule has 0 aliphatic heterocycles. The van der Waals surface area contributed by atoms with E-state index in [-0.39, 0.29) is 33.1 Å². The second-order valence-electron chi connectivity index (χ2n) is 11.1. The molecule has 0 radical (unpaired) electrons. The van der Waals surface area contributed by atoms with E-state index < -0.39 is 34.1 Å². The van der Waals surface area contributed by atoms with Gasteiger partial charge in [0.2, 0.25) is 11.8 Å². The van der Waals surface area contributed by atoms with Crippen LogP contribution in [0.2, 0.25) is 10.0 Å². The van der Waals surface area contributed by atoms with Gasteiger partial charge >= 0.3 is 0 Å². The Morgan fingerprint density at radius 2 is 1.51 bits per heavy atom. The number of anilines is 1. The summed E-state index contributed by atoms with van der Waals surface area (Å²) in [6.45, 7) is 10.7. The molecule has 0 aliphatic rings. The Morgan fingerprint density at radius 3 is 2.05 bits per heavy atom. The number of nitrogens with zero attached hydrogens (tertiary/aromatic N) is 2. The number of sulfonamides is 1. The average Bonchev–Trinajstić information content (AvgIpc) is 2.86. The highest BCUT2D eigenvalue weighted by molar-refractivity contribution is 7.92. The number of carbonyl (C=O) groups is 2. The largest absolute Gasteiger partial charge is 0.350 e. The molecule has 0 unspecified atom stereocenters. The zero-order chi connectivity index (χ0) is 30.5. The number of hydrogen-bond acceptors (Lipinski definition) is 4. The van der Waals surface area contributed by atoms with Crippen molar-refractivity contribution in [3.05, 3.63) is 93.5 Å². The Balaban J connectivity index is 2.12. The molecule has 3 aromatic carbocycles. The van der Waals surface area contributed by atoms with Crippen molar-refractivity contribution in [2.24, 2.45) is 0 Å². The van der Waals surface area contributed by atoms with Crippen LogP contribution < -0.4 is 9.62 Å². The summed E-state index contributed by atoms with van der Waals surface area (Å²) in [4.78, 5) is 29.1. The predicted octanol–water partition coefficient (Wildman–Crippen LogP) is 6.53. The number of rotatable bonds is 10. The SMILES string of the molecule is CC[C@H](C(=O)NC(C)(C)C)N(Cc1ccccc1C)C(=O)CN(c1cc(Cl)cc(Cl)c1)S(=O)(=O)c1ccc(C)cc1. The van der Waals surface area contributed by atoms with E-state index >= 15 is 0 Å². The summed E-state index contributed by atoms with van der Waals surface area (Å²) < 4.78 is 29.0. The Bertz CT molecular complexity index is 1480. The third-order valence-electron chi connectivity index (χ3n) is 6.51. The fraction of sp³-hybridized carbons (Fsp3) is 0.355. The normalized spacial score (nSPS) is 12.5. The number of benzene rings is 3. The summed E-state index contributed by atoms with van der Waals surface area (Å²) in [7, 11) is -4.23. The van der Waals surface area contributed by atoms with Gasteiger partial charge in [0.1, 0.15) is 12.6 Å². The predicted molar refractivity (Wildman–Crippen MR) is 166 cm³/mol. The van der Waals surface area contributed by atoms with Gasteiger partial charge in [0.05, 0.1) is 10.6 Å². The molecular formula is C31H37Cl2N3O4S. The Morgan fingerprint density at radius 1 is 0.927 bits per heavy atom. The maximum absolute atomic E-state index is 14.2. The summed E-state index contributed by atoms with van der Waals surface area (Å²) in [6, 6.07) is 17.5. The molecule has 0 saturated carbocycles. The van der Waals surface area contributed by atoms with Crippen molar-refractivity contribution in [2.75, 3.05) is 10.8 Å². The molecule has 0 aromatic heterocycles. The molecule has 0 spiro atoms. The van der Waals surface area contributed by atoms with E-state index in [1.165, 1.54) is 35.2 Å². The van der Waals surface area contributed by atoms with Crippen molar-refractivity contribution in [1.82, 2.24) is 10.2 Å². The van der Waals surface area contributed by atoms with Crippen LogP contribution in [0.1, 0.15) is 50.8 Å². The van der Waals surface area contributed by atoms with Crippen LogP contribution in [0.3, 0.4) is 0 Å². The summed E-state index contributed by atoms with van der Waals surface area (Å²) in [6.07, 6.45) is 0.327. The monoisotopic (exact) mass is 617 g/mol. The van der Waals surface area contributed by atoms with E-state index in [0.717, 1.165) is 21.0 Å². The van der Waals surface area contributed by atoms with Gasteiger partial charge in [-0.25, -0.2) is 8.42 Å². The van der Waals surface area contributed by atoms with E-state index in [0.29, 0.717) is 6.42 Å². The van der Waals surface area contributed by atoms with Gasteiger partial charge in [-0.3, -0.25) is 13.9 Å². The zero-order valence-electron chi connectivity index (χ0n) is 24.2. The lowest BCUT2D eigenvalue weighted by Gasteiger charge is -2.35. The summed E-state index contributed by atoms with van der Waals surface area (Å²) in [5.41, 5.74) is 2.29. The van der Waals surface area contributed by atoms with Crippen molar-refractivity contribution in [3.63, 3.8) is 0 Å². The third kappa shape index (κ3) is 8.47. The molecule has 3 rings (SSSR count). The molecule has 10 heteroatoms. The molecule has 7 nitrogen and oxygen atoms in total. The average molecular weight is 619 g/mol. The molecule has 2 amide bonds. The molecule has 3 aromatic rings. The van der Waals surface area contributed by atoms with Gasteiger partial charge < -0.3 is 10.2 Å². The van der Waals surface area contributed by atoms with Crippen molar-refractivity contribution >= 4 is 50.7 Å². The second kappa shape index (κ2) is 13.3. The Kier molecular flexibility index (Phi) is 10.5. The zero-order valence-corrected chi connectivity index (χ0v) is 26.6. The molecule has 41 heavy (non-hydrogen) atoms. The minimum Gasteiger partial charge on any atom is -0.350 e. The minimum absolute atomic E-state index is 0.00923. The second-order valence-corrected chi connectivity index (χ2v) is 13.8. The van der Waals surface area contributed by atoms with Gasteiger partial charge in [-0.15, -0.1) is 0 Å². The van der Waals surface area contributed by atoms with Gasteiger partial charge in [-0.2, -0.15) is 0 Å². The molecule has 0 aliphatic carbocycles. The molecule has 0 heterocycles. The van der Waals surface area contributed by atoms with E-state index in [4.69, 9.17) is 23.2 Å². The lowest BCUT2D eigenvalue weighted by molar-refractivity contribution is -0.141. The summed E-state index contributed by atoms with van der Waals surface area (Å²) in [5.74, 6) is -0.864. The van der Waals surface area contributed by atoms with E-state index in [9.17, 15) is 18.0 Å². The highest BCUT2D eigenvalue weighted by Crippen LogP contribution is 2.30. The van der Waals surface area contributed by atoms with Crippen molar-refractivity contribution in [1.29, 1.82) is 0 Å². The standard InChI is InChI=1S/C31H37Cl2N3O4S/c1-7-28(30(38)34-31(4,5)6)35(19-23-11-9-8-10-22(23)3)29(37)20-36(26-17-24(32)16-25(33)18-26)41(39,40)27-14-12-21(2)13-15-27/h8-18,28H,7,19-20H2,1-6H3,(H,34,38)/t28-/m1/s1. The van der Waals surface area contributed by atoms with Gasteiger partial charge in [-0.05, 0) is 82.5 Å². The summed E-state index contributed by atoms with van der Waals surface area (Å²) >= 11 is 12.5. The topological polar surface area (TPSA) is 86.8 Å². The number of hydrogen-bond donors (Lipinski definition) is 1. The number of aryl methyl sites for hydroxylation is 2. The first-order chi connectivity index (χ1) is 19.1. The quantitative estimate of drug-likeness (QED) is 0.280. The van der Waals surface area contributed by atoms with Crippen LogP contribution in [0.5, 0.6) is 0 Å². The first-order valence-corrected chi connectivity index (χ1v) is 15.5. The molecule has 1 atom stereocenters. The first-order valence-electron chi connectivity index (χ1n) is 13.3. The highest BCUT2D eigenvalue weighted by atomic mass is 35.5. The maximum atomic E-state index is 14.2. The van der Waals surface area contributed by atoms with E-state index in [1.807, 2.05) is 65.8 Å². The molecule has 1 N–H and O–H groups in total. The van der Waals surface area contributed by atoms with Crippen LogP contribution in [-0.2, 0) is 26.2 Å². The first kappa shape index (κ1) is 32.4. The van der Waals surface area contributed by atoms with E-state index in [2.05, 4.69) is 5.32 Å². The number of halogens is 2. The fourth-order valence-electron chi connectivity index (χ4n) is 4.39. The van der Waals surface area contributed by atoms with Crippen LogP contribution in [0.25, 0.3) is 0 Å². The van der Waals surface area contributed by atoms with Crippen molar-refractivity contribution in [2.45, 2.75) is 71.0 Å². The molecule has 0 fully saturated rings. The summed E-state index contributed by atoms with van der Waals surface area (Å²) in [5, 5.41) is 3.41. The molecular weight excluding hydrogens is 581 g/mol. The van der Waals surface area contributed by atoms with E-state index in [1.54, 1.807) is 12.1 Å². The van der Waals surface area contributed by atoms with Crippen LogP contribution in [0, 0.1) is 13.8 Å². The lowest BCUT2D eigenvalue weighted by atomic mass is 10.0.